The average molecular weight is 449 g/mol. The fourth-order valence-electron chi connectivity index (χ4n) is 2.36. The quantitative estimate of drug-likeness (QED) is 0.233. The number of amides is 1. The van der Waals surface area contributed by atoms with Crippen molar-refractivity contribution in [2.45, 2.75) is 6.42 Å². The Labute approximate surface area is 180 Å². The van der Waals surface area contributed by atoms with Crippen LogP contribution >= 0.6 is 0 Å². The smallest absolute Gasteiger partial charge is 0.266 e. The molecule has 1 amide bonds. The number of benzene rings is 2. The van der Waals surface area contributed by atoms with Gasteiger partial charge in [-0.05, 0) is 48.5 Å². The van der Waals surface area contributed by atoms with E-state index in [2.05, 4.69) is 15.7 Å². The van der Waals surface area contributed by atoms with E-state index < -0.39 is 21.8 Å². The standard InChI is InChI=1S/C20H24N4O6S/c1-24(2)23-22-17-7-3-15(4-8-17)20(26)16-5-9-18(10-6-16)30-13-11-19(25)21-12-14-31(27,28)29/h3-10H,11-14H2,1-2H3,(H,21,25)(H,27,28,29)/b23-22+. The maximum atomic E-state index is 12.6. The molecule has 0 saturated carbocycles. The van der Waals surface area contributed by atoms with Crippen LogP contribution in [0.5, 0.6) is 5.75 Å². The van der Waals surface area contributed by atoms with Crippen LogP contribution in [-0.4, -0.2) is 62.7 Å². The first-order valence-corrected chi connectivity index (χ1v) is 10.9. The summed E-state index contributed by atoms with van der Waals surface area (Å²) in [6.45, 7) is -0.0953. The number of carbonyl (C=O) groups excluding carboxylic acids is 2. The molecule has 2 aromatic rings. The van der Waals surface area contributed by atoms with Gasteiger partial charge in [0.05, 0.1) is 24.5 Å². The zero-order valence-electron chi connectivity index (χ0n) is 17.2. The molecular formula is C20H24N4O6S. The Balaban J connectivity index is 1.83. The van der Waals surface area contributed by atoms with Crippen molar-refractivity contribution in [3.05, 3.63) is 59.7 Å². The molecule has 0 aliphatic rings. The summed E-state index contributed by atoms with van der Waals surface area (Å²) < 4.78 is 35.2. The Kier molecular flexibility index (Phi) is 8.64. The molecule has 0 aliphatic carbocycles. The van der Waals surface area contributed by atoms with E-state index in [9.17, 15) is 18.0 Å². The van der Waals surface area contributed by atoms with Gasteiger partial charge in [-0.1, -0.05) is 5.22 Å². The highest BCUT2D eigenvalue weighted by atomic mass is 32.2. The summed E-state index contributed by atoms with van der Waals surface area (Å²) in [5, 5.41) is 11.8. The lowest BCUT2D eigenvalue weighted by Gasteiger charge is -2.08. The van der Waals surface area contributed by atoms with E-state index in [1.807, 2.05) is 0 Å². The van der Waals surface area contributed by atoms with Crippen LogP contribution < -0.4 is 10.1 Å². The van der Waals surface area contributed by atoms with Gasteiger partial charge in [-0.15, -0.1) is 5.11 Å². The lowest BCUT2D eigenvalue weighted by Crippen LogP contribution is -2.29. The summed E-state index contributed by atoms with van der Waals surface area (Å²) in [6.07, 6.45) is 0.0175. The topological polar surface area (TPSA) is 138 Å². The SMILES string of the molecule is CN(C)/N=N/c1ccc(C(=O)c2ccc(OCCC(=O)NCCS(=O)(=O)O)cc2)cc1. The zero-order chi connectivity index (χ0) is 22.9. The third-order valence-corrected chi connectivity index (χ3v) is 4.59. The molecule has 0 aromatic heterocycles. The van der Waals surface area contributed by atoms with E-state index in [-0.39, 0.29) is 25.4 Å². The third kappa shape index (κ3) is 8.93. The van der Waals surface area contributed by atoms with Crippen LogP contribution in [0.1, 0.15) is 22.3 Å². The summed E-state index contributed by atoms with van der Waals surface area (Å²) in [6, 6.07) is 13.3. The minimum atomic E-state index is -4.11. The molecule has 0 atom stereocenters. The van der Waals surface area contributed by atoms with Gasteiger partial charge < -0.3 is 10.1 Å². The zero-order valence-corrected chi connectivity index (χ0v) is 18.0. The monoisotopic (exact) mass is 448 g/mol. The predicted octanol–water partition coefficient (Wildman–Crippen LogP) is 2.25. The van der Waals surface area contributed by atoms with Gasteiger partial charge in [-0.25, -0.2) is 0 Å². The minimum Gasteiger partial charge on any atom is -0.493 e. The van der Waals surface area contributed by atoms with Crippen molar-refractivity contribution in [3.63, 3.8) is 0 Å². The molecular weight excluding hydrogens is 424 g/mol. The highest BCUT2D eigenvalue weighted by Gasteiger charge is 2.10. The maximum Gasteiger partial charge on any atom is 0.266 e. The van der Waals surface area contributed by atoms with Crippen molar-refractivity contribution in [1.29, 1.82) is 0 Å². The first-order valence-electron chi connectivity index (χ1n) is 9.32. The molecule has 31 heavy (non-hydrogen) atoms. The van der Waals surface area contributed by atoms with Crippen LogP contribution in [-0.2, 0) is 14.9 Å². The van der Waals surface area contributed by atoms with Crippen LogP contribution in [0.4, 0.5) is 5.69 Å². The molecule has 0 saturated heterocycles. The summed E-state index contributed by atoms with van der Waals surface area (Å²) in [5.74, 6) is -0.607. The van der Waals surface area contributed by atoms with Gasteiger partial charge in [0, 0.05) is 31.8 Å². The van der Waals surface area contributed by atoms with Gasteiger partial charge >= 0.3 is 0 Å². The normalized spacial score (nSPS) is 11.3. The second-order valence-electron chi connectivity index (χ2n) is 6.67. The van der Waals surface area contributed by atoms with Gasteiger partial charge in [0.2, 0.25) is 5.91 Å². The van der Waals surface area contributed by atoms with E-state index in [0.29, 0.717) is 22.6 Å². The van der Waals surface area contributed by atoms with Gasteiger partial charge in [0.15, 0.2) is 5.78 Å². The molecule has 10 nitrogen and oxygen atoms in total. The predicted molar refractivity (Wildman–Crippen MR) is 114 cm³/mol. The number of carbonyl (C=O) groups is 2. The molecule has 0 spiro atoms. The van der Waals surface area contributed by atoms with Crippen LogP contribution in [0.2, 0.25) is 0 Å². The Morgan fingerprint density at radius 1 is 1.03 bits per heavy atom. The minimum absolute atomic E-state index is 0.0175. The number of ketones is 1. The second kappa shape index (κ2) is 11.2. The first kappa shape index (κ1) is 24.0. The molecule has 0 unspecified atom stereocenters. The summed E-state index contributed by atoms with van der Waals surface area (Å²) in [7, 11) is -0.584. The Bertz CT molecular complexity index is 1020. The van der Waals surface area contributed by atoms with E-state index in [1.54, 1.807) is 67.6 Å². The number of hydrogen-bond acceptors (Lipinski definition) is 7. The molecule has 2 N–H and O–H groups in total. The van der Waals surface area contributed by atoms with Crippen molar-refractivity contribution >= 4 is 27.5 Å². The van der Waals surface area contributed by atoms with Crippen LogP contribution in [0.3, 0.4) is 0 Å². The van der Waals surface area contributed by atoms with E-state index in [0.717, 1.165) is 0 Å². The van der Waals surface area contributed by atoms with Gasteiger partial charge in [-0.3, -0.25) is 19.2 Å². The van der Waals surface area contributed by atoms with Gasteiger partial charge in [0.25, 0.3) is 10.1 Å². The number of nitrogens with zero attached hydrogens (tertiary/aromatic N) is 3. The van der Waals surface area contributed by atoms with Gasteiger partial charge in [0.1, 0.15) is 5.75 Å². The highest BCUT2D eigenvalue weighted by Crippen LogP contribution is 2.18. The fourth-order valence-corrected chi connectivity index (χ4v) is 2.72. The summed E-state index contributed by atoms with van der Waals surface area (Å²) >= 11 is 0. The van der Waals surface area contributed by atoms with Crippen molar-refractivity contribution in [3.8, 4) is 5.75 Å². The molecule has 166 valence electrons. The largest absolute Gasteiger partial charge is 0.493 e. The Morgan fingerprint density at radius 3 is 2.16 bits per heavy atom. The fraction of sp³-hybridized carbons (Fsp3) is 0.300. The van der Waals surface area contributed by atoms with Crippen LogP contribution in [0, 0.1) is 0 Å². The maximum absolute atomic E-state index is 12.6. The van der Waals surface area contributed by atoms with Crippen molar-refractivity contribution in [1.82, 2.24) is 10.3 Å². The Morgan fingerprint density at radius 2 is 1.61 bits per heavy atom. The summed E-state index contributed by atoms with van der Waals surface area (Å²) in [4.78, 5) is 24.2. The lowest BCUT2D eigenvalue weighted by molar-refractivity contribution is -0.121. The summed E-state index contributed by atoms with van der Waals surface area (Å²) in [5.41, 5.74) is 1.63. The number of ether oxygens (including phenoxy) is 1. The molecule has 0 heterocycles. The Hall–Kier alpha value is -3.31. The van der Waals surface area contributed by atoms with E-state index >= 15 is 0 Å². The molecule has 11 heteroatoms. The second-order valence-corrected chi connectivity index (χ2v) is 8.24. The molecule has 0 radical (unpaired) electrons. The lowest BCUT2D eigenvalue weighted by atomic mass is 10.0. The number of rotatable bonds is 11. The van der Waals surface area contributed by atoms with E-state index in [4.69, 9.17) is 9.29 Å². The molecule has 0 bridgehead atoms. The third-order valence-electron chi connectivity index (χ3n) is 3.87. The van der Waals surface area contributed by atoms with Crippen molar-refractivity contribution in [2.75, 3.05) is 33.0 Å². The van der Waals surface area contributed by atoms with Crippen molar-refractivity contribution in [2.24, 2.45) is 10.3 Å². The molecule has 2 aromatic carbocycles. The first-order chi connectivity index (χ1) is 14.6. The number of nitrogens with one attached hydrogen (secondary N) is 1. The molecule has 2 rings (SSSR count). The average Bonchev–Trinajstić information content (AvgIpc) is 2.71. The molecule has 0 aliphatic heterocycles. The molecule has 0 fully saturated rings. The van der Waals surface area contributed by atoms with Gasteiger partial charge in [-0.2, -0.15) is 8.42 Å². The van der Waals surface area contributed by atoms with Crippen molar-refractivity contribution < 1.29 is 27.3 Å². The van der Waals surface area contributed by atoms with Crippen LogP contribution in [0.25, 0.3) is 0 Å². The number of hydrogen-bond donors (Lipinski definition) is 2. The van der Waals surface area contributed by atoms with Crippen LogP contribution in [0.15, 0.2) is 58.9 Å². The highest BCUT2D eigenvalue weighted by molar-refractivity contribution is 7.85. The van der Waals surface area contributed by atoms with E-state index in [1.165, 1.54) is 0 Å².